The highest BCUT2D eigenvalue weighted by molar-refractivity contribution is 5.77. The Labute approximate surface area is 177 Å². The van der Waals surface area contributed by atoms with E-state index in [0.717, 1.165) is 47.7 Å². The predicted octanol–water partition coefficient (Wildman–Crippen LogP) is 3.30. The second-order valence-electron chi connectivity index (χ2n) is 8.40. The van der Waals surface area contributed by atoms with Crippen molar-refractivity contribution in [1.29, 1.82) is 0 Å². The Balaban J connectivity index is 1.49. The second kappa shape index (κ2) is 8.83. The van der Waals surface area contributed by atoms with Gasteiger partial charge in [-0.15, -0.1) is 5.10 Å². The third kappa shape index (κ3) is 4.31. The summed E-state index contributed by atoms with van der Waals surface area (Å²) in [5.41, 5.74) is 9.58. The van der Waals surface area contributed by atoms with Crippen LogP contribution >= 0.6 is 0 Å². The van der Waals surface area contributed by atoms with Gasteiger partial charge in [-0.05, 0) is 36.5 Å². The number of aromatic nitrogens is 3. The van der Waals surface area contributed by atoms with Gasteiger partial charge in [-0.25, -0.2) is 9.50 Å². The van der Waals surface area contributed by atoms with Crippen LogP contribution in [-0.2, 0) is 11.3 Å². The number of anilines is 1. The largest absolute Gasteiger partial charge is 0.367 e. The average Bonchev–Trinajstić information content (AvgIpc) is 3.38. The molecule has 0 saturated carbocycles. The summed E-state index contributed by atoms with van der Waals surface area (Å²) in [6, 6.07) is 12.3. The molecule has 1 saturated heterocycles. The molecule has 1 aliphatic rings. The molecule has 0 bridgehead atoms. The fourth-order valence-corrected chi connectivity index (χ4v) is 4.04. The van der Waals surface area contributed by atoms with Crippen LogP contribution in [0.5, 0.6) is 0 Å². The molecule has 0 radical (unpaired) electrons. The molecule has 3 heterocycles. The van der Waals surface area contributed by atoms with Gasteiger partial charge in [-0.1, -0.05) is 38.1 Å². The number of fused-ring (bicyclic) bond motifs is 1. The minimum atomic E-state index is 0.222. The van der Waals surface area contributed by atoms with Gasteiger partial charge in [0.25, 0.3) is 0 Å². The number of hydrogen-bond acceptors (Lipinski definition) is 5. The van der Waals surface area contributed by atoms with Crippen molar-refractivity contribution in [2.45, 2.75) is 45.7 Å². The number of likely N-dealkylation sites (tertiary alicyclic amines) is 1. The lowest BCUT2D eigenvalue weighted by Gasteiger charge is -2.26. The molecular formula is C23H30N6O. The summed E-state index contributed by atoms with van der Waals surface area (Å²) in [6.07, 6.45) is 4.55. The van der Waals surface area contributed by atoms with Crippen LogP contribution in [-0.4, -0.2) is 44.5 Å². The first-order chi connectivity index (χ1) is 14.5. The number of benzene rings is 1. The molecule has 1 unspecified atom stereocenters. The van der Waals surface area contributed by atoms with Crippen LogP contribution in [0.15, 0.2) is 42.6 Å². The van der Waals surface area contributed by atoms with Gasteiger partial charge in [0, 0.05) is 37.7 Å². The van der Waals surface area contributed by atoms with E-state index in [-0.39, 0.29) is 11.9 Å². The van der Waals surface area contributed by atoms with Gasteiger partial charge >= 0.3 is 0 Å². The minimum Gasteiger partial charge on any atom is -0.367 e. The second-order valence-corrected chi connectivity index (χ2v) is 8.40. The van der Waals surface area contributed by atoms with Gasteiger partial charge in [0.2, 0.25) is 5.91 Å². The van der Waals surface area contributed by atoms with Crippen LogP contribution < -0.4 is 11.1 Å². The van der Waals surface area contributed by atoms with Gasteiger partial charge in [0.1, 0.15) is 5.82 Å². The first kappa shape index (κ1) is 20.3. The smallest absolute Gasteiger partial charge is 0.223 e. The summed E-state index contributed by atoms with van der Waals surface area (Å²) >= 11 is 0. The number of amides is 1. The molecule has 3 aromatic rings. The third-order valence-electron chi connectivity index (χ3n) is 5.65. The van der Waals surface area contributed by atoms with Crippen molar-refractivity contribution in [2.75, 3.05) is 18.4 Å². The Morgan fingerprint density at radius 3 is 2.77 bits per heavy atom. The maximum absolute atomic E-state index is 12.5. The highest BCUT2D eigenvalue weighted by Crippen LogP contribution is 2.23. The van der Waals surface area contributed by atoms with Gasteiger partial charge in [-0.3, -0.25) is 4.79 Å². The van der Waals surface area contributed by atoms with Crippen molar-refractivity contribution in [3.63, 3.8) is 0 Å². The molecule has 1 amide bonds. The normalized spacial score (nSPS) is 16.5. The van der Waals surface area contributed by atoms with Gasteiger partial charge in [0.05, 0.1) is 11.9 Å². The Morgan fingerprint density at radius 2 is 2.03 bits per heavy atom. The fourth-order valence-electron chi connectivity index (χ4n) is 4.04. The van der Waals surface area contributed by atoms with E-state index in [1.807, 2.05) is 52.0 Å². The Bertz CT molecular complexity index is 1010. The van der Waals surface area contributed by atoms with Gasteiger partial charge < -0.3 is 16.0 Å². The molecule has 0 spiro atoms. The van der Waals surface area contributed by atoms with E-state index in [0.29, 0.717) is 25.4 Å². The molecule has 0 aliphatic carbocycles. The summed E-state index contributed by atoms with van der Waals surface area (Å²) in [7, 11) is 0. The van der Waals surface area contributed by atoms with E-state index in [9.17, 15) is 4.79 Å². The third-order valence-corrected chi connectivity index (χ3v) is 5.65. The zero-order valence-corrected chi connectivity index (χ0v) is 17.7. The monoisotopic (exact) mass is 406 g/mol. The molecule has 7 heteroatoms. The summed E-state index contributed by atoms with van der Waals surface area (Å²) in [5, 5.41) is 8.18. The van der Waals surface area contributed by atoms with Crippen molar-refractivity contribution in [1.82, 2.24) is 19.5 Å². The average molecular weight is 407 g/mol. The molecule has 30 heavy (non-hydrogen) atoms. The van der Waals surface area contributed by atoms with Crippen molar-refractivity contribution in [3.05, 3.63) is 48.2 Å². The van der Waals surface area contributed by atoms with E-state index in [1.54, 1.807) is 0 Å². The van der Waals surface area contributed by atoms with E-state index in [4.69, 9.17) is 10.8 Å². The number of nitrogens with one attached hydrogen (secondary N) is 1. The van der Waals surface area contributed by atoms with Gasteiger partial charge in [0.15, 0.2) is 5.65 Å². The number of imidazole rings is 1. The molecular weight excluding hydrogens is 376 g/mol. The topological polar surface area (TPSA) is 88.5 Å². The zero-order valence-electron chi connectivity index (χ0n) is 17.7. The number of nitrogens with two attached hydrogens (primary N) is 1. The number of carbonyl (C=O) groups excluding carboxylic acids is 1. The lowest BCUT2D eigenvalue weighted by molar-refractivity contribution is -0.132. The number of rotatable bonds is 7. The lowest BCUT2D eigenvalue weighted by Crippen LogP contribution is -2.40. The number of hydrogen-bond donors (Lipinski definition) is 2. The Kier molecular flexibility index (Phi) is 5.99. The minimum absolute atomic E-state index is 0.222. The van der Waals surface area contributed by atoms with Crippen LogP contribution in [0.1, 0.15) is 38.7 Å². The van der Waals surface area contributed by atoms with Crippen LogP contribution in [0.4, 0.5) is 5.82 Å². The Morgan fingerprint density at radius 1 is 1.23 bits per heavy atom. The lowest BCUT2D eigenvalue weighted by atomic mass is 10.1. The van der Waals surface area contributed by atoms with Crippen LogP contribution in [0.3, 0.4) is 0 Å². The highest BCUT2D eigenvalue weighted by Gasteiger charge is 2.28. The standard InChI is InChI=1S/C23H30N6O/c1-16(2)12-23(30)28-11-3-4-19(28)14-25-21-9-10-22-26-15-20(29(22)27-21)18-7-5-17(13-24)6-8-18/h5-10,15-16,19H,3-4,11-14,24H2,1-2H3,(H,25,27). The molecule has 3 N–H and O–H groups in total. The predicted molar refractivity (Wildman–Crippen MR) is 119 cm³/mol. The molecule has 1 fully saturated rings. The molecule has 158 valence electrons. The maximum Gasteiger partial charge on any atom is 0.223 e. The van der Waals surface area contributed by atoms with E-state index >= 15 is 0 Å². The number of carbonyl (C=O) groups is 1. The SMILES string of the molecule is CC(C)CC(=O)N1CCCC1CNc1ccc2ncc(-c3ccc(CN)cc3)n2n1. The number of nitrogens with zero attached hydrogens (tertiary/aromatic N) is 4. The first-order valence-electron chi connectivity index (χ1n) is 10.7. The quantitative estimate of drug-likeness (QED) is 0.628. The van der Waals surface area contributed by atoms with Crippen molar-refractivity contribution < 1.29 is 4.79 Å². The zero-order chi connectivity index (χ0) is 21.1. The Hall–Kier alpha value is -2.93. The summed E-state index contributed by atoms with van der Waals surface area (Å²) in [4.78, 5) is 19.0. The van der Waals surface area contributed by atoms with Crippen molar-refractivity contribution in [2.24, 2.45) is 11.7 Å². The van der Waals surface area contributed by atoms with Gasteiger partial charge in [-0.2, -0.15) is 0 Å². The molecule has 1 aliphatic heterocycles. The van der Waals surface area contributed by atoms with Crippen LogP contribution in [0.2, 0.25) is 0 Å². The van der Waals surface area contributed by atoms with E-state index in [2.05, 4.69) is 24.1 Å². The molecule has 2 aromatic heterocycles. The maximum atomic E-state index is 12.5. The highest BCUT2D eigenvalue weighted by atomic mass is 16.2. The molecule has 4 rings (SSSR count). The van der Waals surface area contributed by atoms with E-state index < -0.39 is 0 Å². The van der Waals surface area contributed by atoms with Crippen LogP contribution in [0.25, 0.3) is 16.9 Å². The summed E-state index contributed by atoms with van der Waals surface area (Å²) < 4.78 is 1.86. The summed E-state index contributed by atoms with van der Waals surface area (Å²) in [5.74, 6) is 1.42. The summed E-state index contributed by atoms with van der Waals surface area (Å²) in [6.45, 7) is 6.27. The van der Waals surface area contributed by atoms with Crippen molar-refractivity contribution in [3.8, 4) is 11.3 Å². The van der Waals surface area contributed by atoms with E-state index in [1.165, 1.54) is 0 Å². The van der Waals surface area contributed by atoms with Crippen LogP contribution in [0, 0.1) is 5.92 Å². The first-order valence-corrected chi connectivity index (χ1v) is 10.7. The molecule has 7 nitrogen and oxygen atoms in total. The molecule has 1 atom stereocenters. The fraction of sp³-hybridized carbons (Fsp3) is 0.435. The van der Waals surface area contributed by atoms with Crippen molar-refractivity contribution >= 4 is 17.4 Å². The molecule has 1 aromatic carbocycles.